The molecule has 1 atom stereocenters. The van der Waals surface area contributed by atoms with Crippen LogP contribution in [0.25, 0.3) is 0 Å². The highest BCUT2D eigenvalue weighted by molar-refractivity contribution is 9.10. The van der Waals surface area contributed by atoms with E-state index in [1.165, 1.54) is 11.8 Å². The molecule has 1 N–H and O–H groups in total. The van der Waals surface area contributed by atoms with Gasteiger partial charge in [-0.25, -0.2) is 0 Å². The first-order valence-corrected chi connectivity index (χ1v) is 11.9. The highest BCUT2D eigenvalue weighted by atomic mass is 79.9. The van der Waals surface area contributed by atoms with Crippen LogP contribution in [0.2, 0.25) is 10.0 Å². The van der Waals surface area contributed by atoms with Gasteiger partial charge in [0.15, 0.2) is 0 Å². The molecule has 2 rings (SSSR count). The van der Waals surface area contributed by atoms with Crippen molar-refractivity contribution < 1.29 is 9.59 Å². The van der Waals surface area contributed by atoms with E-state index in [2.05, 4.69) is 21.2 Å². The molecule has 0 aliphatic carbocycles. The lowest BCUT2D eigenvalue weighted by Gasteiger charge is -2.28. The molecule has 0 unspecified atom stereocenters. The van der Waals surface area contributed by atoms with Gasteiger partial charge in [-0.3, -0.25) is 9.59 Å². The normalized spacial score (nSPS) is 11.8. The van der Waals surface area contributed by atoms with Crippen LogP contribution >= 0.6 is 50.9 Å². The second-order valence-electron chi connectivity index (χ2n) is 6.46. The molecule has 0 bridgehead atoms. The van der Waals surface area contributed by atoms with Crippen LogP contribution in [0, 0.1) is 0 Å². The molecule has 4 nitrogen and oxygen atoms in total. The molecule has 0 spiro atoms. The summed E-state index contributed by atoms with van der Waals surface area (Å²) in [7, 11) is 0. The number of carbonyl (C=O) groups is 2. The van der Waals surface area contributed by atoms with E-state index < -0.39 is 6.04 Å². The van der Waals surface area contributed by atoms with E-state index in [-0.39, 0.29) is 24.1 Å². The summed E-state index contributed by atoms with van der Waals surface area (Å²) >= 11 is 17.0. The standard InChI is InChI=1S/C21H23BrCl2N2O2S/c1-3-25-21(28)14(2)26(11-16-6-9-18(23)19(24)10-16)20(27)13-29-12-15-4-7-17(22)8-5-15/h4-10,14H,3,11-13H2,1-2H3,(H,25,28)/t14-/m0/s1. The van der Waals surface area contributed by atoms with Crippen molar-refractivity contribution in [3.05, 3.63) is 68.1 Å². The van der Waals surface area contributed by atoms with Crippen LogP contribution in [-0.2, 0) is 21.9 Å². The van der Waals surface area contributed by atoms with Gasteiger partial charge in [0, 0.05) is 23.3 Å². The number of likely N-dealkylation sites (N-methyl/N-ethyl adjacent to an activating group) is 1. The maximum atomic E-state index is 13.0. The summed E-state index contributed by atoms with van der Waals surface area (Å²) in [5, 5.41) is 3.66. The first kappa shape index (κ1) is 24.1. The minimum absolute atomic E-state index is 0.100. The van der Waals surface area contributed by atoms with Gasteiger partial charge in [-0.15, -0.1) is 11.8 Å². The summed E-state index contributed by atoms with van der Waals surface area (Å²) in [5.41, 5.74) is 1.96. The molecule has 0 saturated carbocycles. The Morgan fingerprint density at radius 3 is 2.38 bits per heavy atom. The van der Waals surface area contributed by atoms with E-state index in [4.69, 9.17) is 23.2 Å². The van der Waals surface area contributed by atoms with Crippen molar-refractivity contribution >= 4 is 62.7 Å². The summed E-state index contributed by atoms with van der Waals surface area (Å²) in [6.07, 6.45) is 0. The number of benzene rings is 2. The quantitative estimate of drug-likeness (QED) is 0.474. The van der Waals surface area contributed by atoms with Crippen LogP contribution in [0.15, 0.2) is 46.9 Å². The molecule has 0 aliphatic heterocycles. The van der Waals surface area contributed by atoms with Crippen molar-refractivity contribution in [3.8, 4) is 0 Å². The zero-order valence-electron chi connectivity index (χ0n) is 16.3. The van der Waals surface area contributed by atoms with Crippen molar-refractivity contribution in [2.24, 2.45) is 0 Å². The van der Waals surface area contributed by atoms with Crippen LogP contribution in [0.5, 0.6) is 0 Å². The van der Waals surface area contributed by atoms with Gasteiger partial charge >= 0.3 is 0 Å². The van der Waals surface area contributed by atoms with Crippen molar-refractivity contribution in [3.63, 3.8) is 0 Å². The number of thioether (sulfide) groups is 1. The Morgan fingerprint density at radius 1 is 1.10 bits per heavy atom. The number of amides is 2. The zero-order valence-corrected chi connectivity index (χ0v) is 20.2. The van der Waals surface area contributed by atoms with Crippen LogP contribution < -0.4 is 5.32 Å². The molecular formula is C21H23BrCl2N2O2S. The van der Waals surface area contributed by atoms with Gasteiger partial charge in [-0.05, 0) is 49.2 Å². The van der Waals surface area contributed by atoms with E-state index >= 15 is 0 Å². The maximum Gasteiger partial charge on any atom is 0.242 e. The van der Waals surface area contributed by atoms with E-state index in [0.717, 1.165) is 21.4 Å². The third-order valence-corrected chi connectivity index (χ3v) is 6.52. The Bertz CT molecular complexity index is 849. The SMILES string of the molecule is CCNC(=O)[C@H](C)N(Cc1ccc(Cl)c(Cl)c1)C(=O)CSCc1ccc(Br)cc1. The van der Waals surface area contributed by atoms with Gasteiger partial charge in [0.25, 0.3) is 0 Å². The molecule has 0 aromatic heterocycles. The molecular weight excluding hydrogens is 495 g/mol. The highest BCUT2D eigenvalue weighted by Crippen LogP contribution is 2.24. The smallest absolute Gasteiger partial charge is 0.242 e. The highest BCUT2D eigenvalue weighted by Gasteiger charge is 2.25. The van der Waals surface area contributed by atoms with Crippen molar-refractivity contribution in [2.75, 3.05) is 12.3 Å². The van der Waals surface area contributed by atoms with Crippen LogP contribution in [-0.4, -0.2) is 35.1 Å². The van der Waals surface area contributed by atoms with Crippen LogP contribution in [0.4, 0.5) is 0 Å². The molecule has 156 valence electrons. The van der Waals surface area contributed by atoms with Gasteiger partial charge in [0.2, 0.25) is 11.8 Å². The van der Waals surface area contributed by atoms with Gasteiger partial charge in [0.1, 0.15) is 6.04 Å². The van der Waals surface area contributed by atoms with Gasteiger partial charge in [-0.1, -0.05) is 57.3 Å². The van der Waals surface area contributed by atoms with Crippen LogP contribution in [0.3, 0.4) is 0 Å². The third kappa shape index (κ3) is 7.52. The van der Waals surface area contributed by atoms with Gasteiger partial charge < -0.3 is 10.2 Å². The van der Waals surface area contributed by atoms with E-state index in [1.54, 1.807) is 24.0 Å². The topological polar surface area (TPSA) is 49.4 Å². The predicted molar refractivity (Wildman–Crippen MR) is 125 cm³/mol. The fourth-order valence-electron chi connectivity index (χ4n) is 2.66. The molecule has 0 heterocycles. The number of nitrogens with zero attached hydrogens (tertiary/aromatic N) is 1. The zero-order chi connectivity index (χ0) is 21.4. The number of nitrogens with one attached hydrogen (secondary N) is 1. The Kier molecular flexibility index (Phi) is 9.83. The Hall–Kier alpha value is -1.21. The molecule has 2 aromatic carbocycles. The first-order valence-electron chi connectivity index (χ1n) is 9.15. The van der Waals surface area contributed by atoms with Crippen molar-refractivity contribution in [2.45, 2.75) is 32.2 Å². The minimum Gasteiger partial charge on any atom is -0.355 e. The molecule has 8 heteroatoms. The lowest BCUT2D eigenvalue weighted by Crippen LogP contribution is -2.48. The second kappa shape index (κ2) is 11.8. The van der Waals surface area contributed by atoms with Crippen molar-refractivity contribution in [1.29, 1.82) is 0 Å². The lowest BCUT2D eigenvalue weighted by atomic mass is 10.1. The molecule has 0 saturated heterocycles. The molecule has 0 radical (unpaired) electrons. The lowest BCUT2D eigenvalue weighted by molar-refractivity contribution is -0.138. The summed E-state index contributed by atoms with van der Waals surface area (Å²) in [5.74, 6) is 0.715. The largest absolute Gasteiger partial charge is 0.355 e. The monoisotopic (exact) mass is 516 g/mol. The number of hydrogen-bond acceptors (Lipinski definition) is 3. The first-order chi connectivity index (χ1) is 13.8. The second-order valence-corrected chi connectivity index (χ2v) is 9.18. The molecule has 29 heavy (non-hydrogen) atoms. The van der Waals surface area contributed by atoms with Gasteiger partial charge in [-0.2, -0.15) is 0 Å². The molecule has 2 aromatic rings. The maximum absolute atomic E-state index is 13.0. The van der Waals surface area contributed by atoms with Crippen molar-refractivity contribution in [1.82, 2.24) is 10.2 Å². The number of carbonyl (C=O) groups excluding carboxylic acids is 2. The Labute approximate surface area is 194 Å². The summed E-state index contributed by atoms with van der Waals surface area (Å²) in [6, 6.07) is 12.6. The van der Waals surface area contributed by atoms with Gasteiger partial charge in [0.05, 0.1) is 15.8 Å². The third-order valence-electron chi connectivity index (χ3n) is 4.26. The number of halogens is 3. The minimum atomic E-state index is -0.592. The summed E-state index contributed by atoms with van der Waals surface area (Å²) in [6.45, 7) is 4.38. The van der Waals surface area contributed by atoms with E-state index in [9.17, 15) is 9.59 Å². The fourth-order valence-corrected chi connectivity index (χ4v) is 4.11. The molecule has 2 amide bonds. The average Bonchev–Trinajstić information content (AvgIpc) is 2.69. The molecule has 0 aliphatic rings. The summed E-state index contributed by atoms with van der Waals surface area (Å²) < 4.78 is 1.02. The van der Waals surface area contributed by atoms with E-state index in [1.807, 2.05) is 37.3 Å². The summed E-state index contributed by atoms with van der Waals surface area (Å²) in [4.78, 5) is 26.9. The fraction of sp³-hybridized carbons (Fsp3) is 0.333. The Morgan fingerprint density at radius 2 is 1.76 bits per heavy atom. The number of rotatable bonds is 9. The van der Waals surface area contributed by atoms with Crippen LogP contribution in [0.1, 0.15) is 25.0 Å². The number of hydrogen-bond donors (Lipinski definition) is 1. The van der Waals surface area contributed by atoms with E-state index in [0.29, 0.717) is 16.6 Å². The Balaban J connectivity index is 2.07. The predicted octanol–water partition coefficient (Wildman–Crippen LogP) is 5.54. The average molecular weight is 518 g/mol. The molecule has 0 fully saturated rings.